The van der Waals surface area contributed by atoms with E-state index in [1.54, 1.807) is 0 Å². The minimum Gasteiger partial charge on any atom is 0 e. The molecule has 0 rings (SSSR count). The summed E-state index contributed by atoms with van der Waals surface area (Å²) in [7, 11) is 0. The van der Waals surface area contributed by atoms with Gasteiger partial charge in [-0.15, -0.1) is 0 Å². The molecule has 11 heteroatoms. The van der Waals surface area contributed by atoms with Crippen molar-refractivity contribution in [2.75, 3.05) is 0 Å². The first-order valence-electron chi connectivity index (χ1n) is 0. The van der Waals surface area contributed by atoms with Crippen molar-refractivity contribution in [1.29, 1.82) is 0 Å². The SMILES string of the molecule is [AlH3].[AlH3].[AlH3].[AlH3].[AlH3].[AlH3].[AlH3].[AlH3].[Mo].[Mo].[Mo]. The van der Waals surface area contributed by atoms with Crippen molar-refractivity contribution in [3.63, 3.8) is 0 Å². The molecule has 0 bridgehead atoms. The maximum atomic E-state index is 0. The van der Waals surface area contributed by atoms with Crippen LogP contribution in [0.1, 0.15) is 0 Å². The van der Waals surface area contributed by atoms with E-state index in [0.717, 1.165) is 0 Å². The molecule has 0 amide bonds. The molecule has 0 unspecified atom stereocenters. The van der Waals surface area contributed by atoms with Crippen LogP contribution in [0.5, 0.6) is 0 Å². The summed E-state index contributed by atoms with van der Waals surface area (Å²) in [4.78, 5) is 0. The molecular formula is H24Al8Mo3. The summed E-state index contributed by atoms with van der Waals surface area (Å²) in [5, 5.41) is 0. The Morgan fingerprint density at radius 3 is 0.182 bits per heavy atom. The molecule has 0 N–H and O–H groups in total. The van der Waals surface area contributed by atoms with E-state index in [1.165, 1.54) is 0 Å². The third-order valence-corrected chi connectivity index (χ3v) is 0. The Balaban J connectivity index is 0. The minimum absolute atomic E-state index is 0. The van der Waals surface area contributed by atoms with Crippen LogP contribution in [0.25, 0.3) is 0 Å². The van der Waals surface area contributed by atoms with E-state index < -0.39 is 0 Å². The van der Waals surface area contributed by atoms with Gasteiger partial charge in [0.05, 0.1) is 0 Å². The summed E-state index contributed by atoms with van der Waals surface area (Å²) < 4.78 is 0. The summed E-state index contributed by atoms with van der Waals surface area (Å²) in [6.07, 6.45) is 0. The maximum Gasteiger partial charge on any atom is 0.187 e. The summed E-state index contributed by atoms with van der Waals surface area (Å²) in [5.74, 6) is 0. The van der Waals surface area contributed by atoms with Gasteiger partial charge in [0.2, 0.25) is 0 Å². The molecule has 0 fully saturated rings. The quantitative estimate of drug-likeness (QED) is 0.275. The molecule has 0 aliphatic carbocycles. The Bertz CT molecular complexity index is 9.30. The van der Waals surface area contributed by atoms with Crippen LogP contribution in [0, 0.1) is 0 Å². The number of hydrogen-bond donors (Lipinski definition) is 0. The second-order valence-corrected chi connectivity index (χ2v) is 0. The molecule has 0 aliphatic rings. The van der Waals surface area contributed by atoms with Crippen LogP contribution in [0.2, 0.25) is 0 Å². The van der Waals surface area contributed by atoms with Gasteiger partial charge < -0.3 is 0 Å². The van der Waals surface area contributed by atoms with E-state index >= 15 is 0 Å². The predicted octanol–water partition coefficient (Wildman–Crippen LogP) is -9.48. The molecule has 0 spiro atoms. The van der Waals surface area contributed by atoms with E-state index in [4.69, 9.17) is 0 Å². The van der Waals surface area contributed by atoms with Crippen molar-refractivity contribution < 1.29 is 63.2 Å². The normalized spacial score (nSPS) is 0. The standard InChI is InChI=1S/8Al.3Mo.24H. The predicted molar refractivity (Wildman–Crippen MR) is 79.5 cm³/mol. The largest absolute Gasteiger partial charge is 0.187 e. The minimum atomic E-state index is 0. The van der Waals surface area contributed by atoms with Gasteiger partial charge in [0.15, 0.2) is 139 Å². The molecular weight excluding hydrogens is 504 g/mol. The summed E-state index contributed by atoms with van der Waals surface area (Å²) in [6, 6.07) is 0. The monoisotopic (exact) mass is 534 g/mol. The van der Waals surface area contributed by atoms with Crippen LogP contribution in [0.4, 0.5) is 0 Å². The third-order valence-electron chi connectivity index (χ3n) is 0. The van der Waals surface area contributed by atoms with Gasteiger partial charge in [-0.25, -0.2) is 0 Å². The van der Waals surface area contributed by atoms with Crippen molar-refractivity contribution >= 4 is 139 Å². The molecule has 0 atom stereocenters. The van der Waals surface area contributed by atoms with E-state index in [0.29, 0.717) is 0 Å². The first-order chi connectivity index (χ1) is 0. The zero-order chi connectivity index (χ0) is 0. The Hall–Kier alpha value is 6.32. The van der Waals surface area contributed by atoms with Crippen molar-refractivity contribution in [3.8, 4) is 0 Å². The first kappa shape index (κ1) is 115. The molecule has 0 heterocycles. The smallest absolute Gasteiger partial charge is 0 e. The zero-order valence-electron chi connectivity index (χ0n) is 1.22. The van der Waals surface area contributed by atoms with E-state index in [2.05, 4.69) is 0 Å². The number of rotatable bonds is 0. The van der Waals surface area contributed by atoms with Gasteiger partial charge in [-0.3, -0.25) is 0 Å². The second kappa shape index (κ2) is 95.8. The van der Waals surface area contributed by atoms with Gasteiger partial charge in [-0.1, -0.05) is 0 Å². The van der Waals surface area contributed by atoms with Crippen LogP contribution in [-0.2, 0) is 63.2 Å². The molecule has 0 aromatic heterocycles. The molecule has 0 saturated carbocycles. The van der Waals surface area contributed by atoms with Gasteiger partial charge >= 0.3 is 0 Å². The van der Waals surface area contributed by atoms with Crippen LogP contribution < -0.4 is 0 Å². The fourth-order valence-electron chi connectivity index (χ4n) is 0. The van der Waals surface area contributed by atoms with E-state index in [-0.39, 0.29) is 202 Å². The van der Waals surface area contributed by atoms with Crippen LogP contribution in [0.15, 0.2) is 0 Å². The fraction of sp³-hybridized carbons (Fsp3) is 0. The number of hydrogen-bond acceptors (Lipinski definition) is 0. The van der Waals surface area contributed by atoms with Crippen molar-refractivity contribution in [1.82, 2.24) is 0 Å². The molecule has 0 aromatic carbocycles. The topological polar surface area (TPSA) is 0 Å². The fourth-order valence-corrected chi connectivity index (χ4v) is 0. The van der Waals surface area contributed by atoms with Crippen molar-refractivity contribution in [2.24, 2.45) is 0 Å². The van der Waals surface area contributed by atoms with Crippen LogP contribution >= 0.6 is 0 Å². The van der Waals surface area contributed by atoms with Crippen molar-refractivity contribution in [2.45, 2.75) is 0 Å². The molecule has 66 valence electrons. The molecule has 0 nitrogen and oxygen atoms in total. The molecule has 0 aromatic rings. The van der Waals surface area contributed by atoms with Crippen LogP contribution in [0.3, 0.4) is 0 Å². The molecule has 0 saturated heterocycles. The summed E-state index contributed by atoms with van der Waals surface area (Å²) in [6.45, 7) is 0. The van der Waals surface area contributed by atoms with Gasteiger partial charge in [0.1, 0.15) is 0 Å². The zero-order valence-corrected chi connectivity index (χ0v) is 7.25. The van der Waals surface area contributed by atoms with Gasteiger partial charge in [0, 0.05) is 63.2 Å². The van der Waals surface area contributed by atoms with Crippen molar-refractivity contribution in [3.05, 3.63) is 0 Å². The van der Waals surface area contributed by atoms with E-state index in [9.17, 15) is 0 Å². The van der Waals surface area contributed by atoms with Crippen LogP contribution in [-0.4, -0.2) is 139 Å². The second-order valence-electron chi connectivity index (χ2n) is 0. The van der Waals surface area contributed by atoms with E-state index in [1.807, 2.05) is 0 Å². The Kier molecular flexibility index (Phi) is 1010. The Labute approximate surface area is 198 Å². The average Bonchev–Trinajstić information content (AvgIpc) is 0. The summed E-state index contributed by atoms with van der Waals surface area (Å²) in [5.41, 5.74) is 0. The maximum absolute atomic E-state index is 0. The Morgan fingerprint density at radius 1 is 0.182 bits per heavy atom. The molecule has 0 aliphatic heterocycles. The Morgan fingerprint density at radius 2 is 0.182 bits per heavy atom. The molecule has 0 radical (unpaired) electrons. The average molecular weight is 528 g/mol. The van der Waals surface area contributed by atoms with Gasteiger partial charge in [-0.05, 0) is 0 Å². The van der Waals surface area contributed by atoms with Gasteiger partial charge in [-0.2, -0.15) is 0 Å². The third kappa shape index (κ3) is 83.7. The summed E-state index contributed by atoms with van der Waals surface area (Å²) >= 11 is 0. The first-order valence-corrected chi connectivity index (χ1v) is 0. The van der Waals surface area contributed by atoms with Gasteiger partial charge in [0.25, 0.3) is 0 Å². The molecule has 11 heavy (non-hydrogen) atoms.